The highest BCUT2D eigenvalue weighted by Crippen LogP contribution is 2.26. The van der Waals surface area contributed by atoms with Crippen LogP contribution in [0, 0.1) is 5.82 Å². The van der Waals surface area contributed by atoms with E-state index >= 15 is 0 Å². The summed E-state index contributed by atoms with van der Waals surface area (Å²) in [5.41, 5.74) is 1.29. The van der Waals surface area contributed by atoms with Gasteiger partial charge >= 0.3 is 0 Å². The Morgan fingerprint density at radius 3 is 2.58 bits per heavy atom. The van der Waals surface area contributed by atoms with Crippen LogP contribution in [0.3, 0.4) is 0 Å². The lowest BCUT2D eigenvalue weighted by Crippen LogP contribution is -2.14. The fourth-order valence-corrected chi connectivity index (χ4v) is 2.06. The predicted molar refractivity (Wildman–Crippen MR) is 90.9 cm³/mol. The second-order valence-electron chi connectivity index (χ2n) is 5.01. The quantitative estimate of drug-likeness (QED) is 0.846. The molecule has 0 fully saturated rings. The number of halogens is 1. The van der Waals surface area contributed by atoms with Crippen LogP contribution in [0.1, 0.15) is 30.6 Å². The molecule has 2 aromatic rings. The van der Waals surface area contributed by atoms with Crippen molar-refractivity contribution in [1.29, 1.82) is 0 Å². The van der Waals surface area contributed by atoms with Crippen LogP contribution in [0.15, 0.2) is 42.5 Å². The topological polar surface area (TPSA) is 67.4 Å². The van der Waals surface area contributed by atoms with E-state index in [0.29, 0.717) is 30.0 Å². The Balaban J connectivity index is 2.18. The summed E-state index contributed by atoms with van der Waals surface area (Å²) in [5.74, 6) is -0.693. The number of rotatable bonds is 6. The first-order chi connectivity index (χ1) is 11.5. The molecule has 0 aliphatic rings. The number of hydrogen-bond acceptors (Lipinski definition) is 3. The van der Waals surface area contributed by atoms with Gasteiger partial charge in [0.25, 0.3) is 5.91 Å². The summed E-state index contributed by atoms with van der Waals surface area (Å²) in [5, 5.41) is 5.39. The smallest absolute Gasteiger partial charge is 0.255 e. The lowest BCUT2D eigenvalue weighted by atomic mass is 10.1. The number of nitrogens with one attached hydrogen (secondary N) is 2. The molecule has 0 radical (unpaired) electrons. The van der Waals surface area contributed by atoms with Crippen molar-refractivity contribution >= 4 is 23.2 Å². The Morgan fingerprint density at radius 2 is 1.88 bits per heavy atom. The van der Waals surface area contributed by atoms with Gasteiger partial charge in [-0.2, -0.15) is 0 Å². The van der Waals surface area contributed by atoms with Crippen LogP contribution in [0.2, 0.25) is 0 Å². The van der Waals surface area contributed by atoms with Crippen LogP contribution in [0.5, 0.6) is 5.75 Å². The molecule has 0 saturated carbocycles. The molecule has 0 aliphatic heterocycles. The van der Waals surface area contributed by atoms with Gasteiger partial charge in [-0.05, 0) is 37.3 Å². The molecule has 0 unspecified atom stereocenters. The van der Waals surface area contributed by atoms with Gasteiger partial charge in [0.15, 0.2) is 0 Å². The summed E-state index contributed by atoms with van der Waals surface area (Å²) < 4.78 is 18.6. The minimum atomic E-state index is -0.444. The molecular weight excluding hydrogens is 311 g/mol. The molecule has 126 valence electrons. The fourth-order valence-electron chi connectivity index (χ4n) is 2.06. The zero-order valence-corrected chi connectivity index (χ0v) is 13.6. The van der Waals surface area contributed by atoms with Gasteiger partial charge in [-0.15, -0.1) is 0 Å². The lowest BCUT2D eigenvalue weighted by molar-refractivity contribution is -0.115. The third kappa shape index (κ3) is 4.55. The zero-order valence-electron chi connectivity index (χ0n) is 13.6. The van der Waals surface area contributed by atoms with Gasteiger partial charge in [-0.1, -0.05) is 13.0 Å². The molecular formula is C18H19FN2O3. The van der Waals surface area contributed by atoms with E-state index in [9.17, 15) is 14.0 Å². The highest BCUT2D eigenvalue weighted by molar-refractivity contribution is 6.06. The first-order valence-electron chi connectivity index (χ1n) is 7.67. The number of carbonyl (C=O) groups excluding carboxylic acids is 2. The number of amides is 2. The van der Waals surface area contributed by atoms with Crippen LogP contribution < -0.4 is 15.4 Å². The maximum atomic E-state index is 13.3. The zero-order chi connectivity index (χ0) is 17.5. The second-order valence-corrected chi connectivity index (χ2v) is 5.01. The van der Waals surface area contributed by atoms with Gasteiger partial charge in [0.2, 0.25) is 5.91 Å². The Morgan fingerprint density at radius 1 is 1.08 bits per heavy atom. The Bertz CT molecular complexity index is 747. The van der Waals surface area contributed by atoms with Crippen LogP contribution in [-0.4, -0.2) is 18.4 Å². The van der Waals surface area contributed by atoms with E-state index < -0.39 is 5.82 Å². The number of ether oxygens (including phenoxy) is 1. The molecule has 5 nitrogen and oxygen atoms in total. The van der Waals surface area contributed by atoms with Gasteiger partial charge in [0, 0.05) is 23.7 Å². The average Bonchev–Trinajstić information content (AvgIpc) is 2.57. The van der Waals surface area contributed by atoms with E-state index in [1.165, 1.54) is 18.2 Å². The molecule has 2 aromatic carbocycles. The van der Waals surface area contributed by atoms with Crippen molar-refractivity contribution in [3.05, 3.63) is 53.8 Å². The van der Waals surface area contributed by atoms with Crippen LogP contribution in [0.25, 0.3) is 0 Å². The average molecular weight is 330 g/mol. The van der Waals surface area contributed by atoms with E-state index in [1.807, 2.05) is 0 Å². The summed E-state index contributed by atoms with van der Waals surface area (Å²) in [6, 6.07) is 10.5. The van der Waals surface area contributed by atoms with Crippen molar-refractivity contribution in [3.8, 4) is 5.75 Å². The summed E-state index contributed by atoms with van der Waals surface area (Å²) in [7, 11) is 0. The molecule has 0 atom stereocenters. The highest BCUT2D eigenvalue weighted by Gasteiger charge is 2.12. The molecule has 0 aromatic heterocycles. The van der Waals surface area contributed by atoms with Gasteiger partial charge in [-0.3, -0.25) is 9.59 Å². The molecule has 2 rings (SSSR count). The number of benzene rings is 2. The molecule has 0 spiro atoms. The molecule has 0 heterocycles. The maximum absolute atomic E-state index is 13.3. The summed E-state index contributed by atoms with van der Waals surface area (Å²) in [6.45, 7) is 3.87. The van der Waals surface area contributed by atoms with Crippen molar-refractivity contribution in [1.82, 2.24) is 0 Å². The molecule has 6 heteroatoms. The number of carbonyl (C=O) groups is 2. The summed E-state index contributed by atoms with van der Waals surface area (Å²) in [4.78, 5) is 23.8. The van der Waals surface area contributed by atoms with E-state index in [0.717, 1.165) is 0 Å². The lowest BCUT2D eigenvalue weighted by Gasteiger charge is -2.12. The van der Waals surface area contributed by atoms with Crippen LogP contribution in [0.4, 0.5) is 15.8 Å². The predicted octanol–water partition coefficient (Wildman–Crippen LogP) is 3.83. The van der Waals surface area contributed by atoms with Crippen molar-refractivity contribution in [2.24, 2.45) is 0 Å². The Hall–Kier alpha value is -2.89. The SMILES string of the molecule is CCOc1cc(F)ccc1NC(=O)c1cccc(NC(=O)CC)c1. The fraction of sp³-hybridized carbons (Fsp3) is 0.222. The minimum absolute atomic E-state index is 0.135. The normalized spacial score (nSPS) is 10.1. The molecule has 0 aliphatic carbocycles. The molecule has 24 heavy (non-hydrogen) atoms. The maximum Gasteiger partial charge on any atom is 0.255 e. The summed E-state index contributed by atoms with van der Waals surface area (Å²) in [6.07, 6.45) is 0.351. The molecule has 2 amide bonds. The van der Waals surface area contributed by atoms with E-state index in [4.69, 9.17) is 4.74 Å². The van der Waals surface area contributed by atoms with Crippen molar-refractivity contribution in [3.63, 3.8) is 0 Å². The van der Waals surface area contributed by atoms with Crippen molar-refractivity contribution < 1.29 is 18.7 Å². The Labute approximate surface area is 139 Å². The molecule has 0 bridgehead atoms. The van der Waals surface area contributed by atoms with Gasteiger partial charge in [-0.25, -0.2) is 4.39 Å². The van der Waals surface area contributed by atoms with Gasteiger partial charge < -0.3 is 15.4 Å². The van der Waals surface area contributed by atoms with Crippen molar-refractivity contribution in [2.45, 2.75) is 20.3 Å². The molecule has 0 saturated heterocycles. The van der Waals surface area contributed by atoms with Crippen molar-refractivity contribution in [2.75, 3.05) is 17.2 Å². The monoisotopic (exact) mass is 330 g/mol. The minimum Gasteiger partial charge on any atom is -0.492 e. The molecule has 2 N–H and O–H groups in total. The number of hydrogen-bond donors (Lipinski definition) is 2. The third-order valence-electron chi connectivity index (χ3n) is 3.22. The van der Waals surface area contributed by atoms with E-state index in [1.54, 1.807) is 38.1 Å². The first kappa shape index (κ1) is 17.5. The largest absolute Gasteiger partial charge is 0.492 e. The Kier molecular flexibility index (Phi) is 5.89. The highest BCUT2D eigenvalue weighted by atomic mass is 19.1. The standard InChI is InChI=1S/C18H19FN2O3/c1-3-17(22)20-14-7-5-6-12(10-14)18(23)21-15-9-8-13(19)11-16(15)24-4-2/h5-11H,3-4H2,1-2H3,(H,20,22)(H,21,23). The third-order valence-corrected chi connectivity index (χ3v) is 3.22. The van der Waals surface area contributed by atoms with Gasteiger partial charge in [0.1, 0.15) is 11.6 Å². The second kappa shape index (κ2) is 8.10. The van der Waals surface area contributed by atoms with Crippen LogP contribution in [-0.2, 0) is 4.79 Å². The van der Waals surface area contributed by atoms with E-state index in [-0.39, 0.29) is 17.6 Å². The number of anilines is 2. The van der Waals surface area contributed by atoms with Gasteiger partial charge in [0.05, 0.1) is 12.3 Å². The summed E-state index contributed by atoms with van der Waals surface area (Å²) >= 11 is 0. The van der Waals surface area contributed by atoms with Crippen LogP contribution >= 0.6 is 0 Å². The van der Waals surface area contributed by atoms with E-state index in [2.05, 4.69) is 10.6 Å². The first-order valence-corrected chi connectivity index (χ1v) is 7.67.